The minimum Gasteiger partial charge on any atom is -0.494 e. The molecule has 0 bridgehead atoms. The topological polar surface area (TPSA) is 61.8 Å². The standard InChI is InChI=1S/C13H18O5/c1-8(2)17-13-11(18-10(4)15)5-6-16-12(13)7-9(3)14/h5-6,11-13H,1,7H2,2-4H3/t11-,12?,13-/m1/s1. The second kappa shape index (κ2) is 6.23. The maximum Gasteiger partial charge on any atom is 0.303 e. The summed E-state index contributed by atoms with van der Waals surface area (Å²) in [4.78, 5) is 22.2. The number of allylic oxidation sites excluding steroid dienone is 1. The maximum atomic E-state index is 11.2. The molecule has 0 fully saturated rings. The molecule has 0 saturated carbocycles. The van der Waals surface area contributed by atoms with Crippen LogP contribution in [-0.4, -0.2) is 30.1 Å². The predicted molar refractivity (Wildman–Crippen MR) is 64.6 cm³/mol. The highest BCUT2D eigenvalue weighted by atomic mass is 16.6. The first-order valence-electron chi connectivity index (χ1n) is 5.71. The summed E-state index contributed by atoms with van der Waals surface area (Å²) in [6.45, 7) is 8.13. The van der Waals surface area contributed by atoms with Gasteiger partial charge in [-0.25, -0.2) is 0 Å². The third-order valence-electron chi connectivity index (χ3n) is 2.34. The average Bonchev–Trinajstić information content (AvgIpc) is 2.20. The molecule has 18 heavy (non-hydrogen) atoms. The summed E-state index contributed by atoms with van der Waals surface area (Å²) in [6, 6.07) is 0. The van der Waals surface area contributed by atoms with Gasteiger partial charge in [-0.2, -0.15) is 0 Å². The predicted octanol–water partition coefficient (Wildman–Crippen LogP) is 1.73. The molecular formula is C13H18O5. The van der Waals surface area contributed by atoms with Gasteiger partial charge in [-0.05, 0) is 19.9 Å². The minimum absolute atomic E-state index is 0.0211. The van der Waals surface area contributed by atoms with Gasteiger partial charge in [0.1, 0.15) is 11.9 Å². The Morgan fingerprint density at radius 3 is 2.44 bits per heavy atom. The number of hydrogen-bond acceptors (Lipinski definition) is 5. The van der Waals surface area contributed by atoms with Crippen LogP contribution in [0.3, 0.4) is 0 Å². The van der Waals surface area contributed by atoms with Crippen LogP contribution < -0.4 is 0 Å². The average molecular weight is 254 g/mol. The highest BCUT2D eigenvalue weighted by Gasteiger charge is 2.36. The Morgan fingerprint density at radius 2 is 1.94 bits per heavy atom. The molecule has 1 aliphatic rings. The summed E-state index contributed by atoms with van der Waals surface area (Å²) in [7, 11) is 0. The number of ether oxygens (including phenoxy) is 3. The Balaban J connectivity index is 2.84. The lowest BCUT2D eigenvalue weighted by molar-refractivity contribution is -0.157. The fraction of sp³-hybridized carbons (Fsp3) is 0.538. The first kappa shape index (κ1) is 14.3. The van der Waals surface area contributed by atoms with Gasteiger partial charge in [-0.15, -0.1) is 0 Å². The molecule has 1 heterocycles. The van der Waals surface area contributed by atoms with E-state index in [1.807, 2.05) is 0 Å². The van der Waals surface area contributed by atoms with Crippen LogP contribution in [0.2, 0.25) is 0 Å². The molecule has 0 aliphatic carbocycles. The van der Waals surface area contributed by atoms with Crippen LogP contribution in [0.25, 0.3) is 0 Å². The van der Waals surface area contributed by atoms with E-state index in [-0.39, 0.29) is 12.2 Å². The van der Waals surface area contributed by atoms with Gasteiger partial charge in [0.05, 0.1) is 12.0 Å². The van der Waals surface area contributed by atoms with Gasteiger partial charge in [-0.3, -0.25) is 9.59 Å². The zero-order chi connectivity index (χ0) is 13.7. The molecule has 0 N–H and O–H groups in total. The van der Waals surface area contributed by atoms with E-state index in [4.69, 9.17) is 14.2 Å². The molecule has 0 aromatic rings. The van der Waals surface area contributed by atoms with E-state index in [9.17, 15) is 9.59 Å². The number of hydrogen-bond donors (Lipinski definition) is 0. The first-order chi connectivity index (χ1) is 8.40. The molecule has 0 radical (unpaired) electrons. The lowest BCUT2D eigenvalue weighted by Gasteiger charge is -2.34. The van der Waals surface area contributed by atoms with Crippen LogP contribution in [0.15, 0.2) is 24.7 Å². The molecular weight excluding hydrogens is 236 g/mol. The van der Waals surface area contributed by atoms with Gasteiger partial charge < -0.3 is 14.2 Å². The van der Waals surface area contributed by atoms with E-state index in [1.165, 1.54) is 20.1 Å². The van der Waals surface area contributed by atoms with Crippen molar-refractivity contribution in [2.45, 2.75) is 45.5 Å². The smallest absolute Gasteiger partial charge is 0.303 e. The van der Waals surface area contributed by atoms with Gasteiger partial charge in [0, 0.05) is 13.3 Å². The fourth-order valence-corrected chi connectivity index (χ4v) is 1.74. The van der Waals surface area contributed by atoms with Crippen LogP contribution in [0.1, 0.15) is 27.2 Å². The Bertz CT molecular complexity index is 372. The van der Waals surface area contributed by atoms with Crippen LogP contribution in [0.4, 0.5) is 0 Å². The molecule has 0 amide bonds. The van der Waals surface area contributed by atoms with E-state index in [1.54, 1.807) is 13.0 Å². The van der Waals surface area contributed by atoms with Crippen molar-refractivity contribution in [3.8, 4) is 0 Å². The lowest BCUT2D eigenvalue weighted by atomic mass is 10.0. The van der Waals surface area contributed by atoms with Gasteiger partial charge >= 0.3 is 5.97 Å². The van der Waals surface area contributed by atoms with Crippen molar-refractivity contribution < 1.29 is 23.8 Å². The van der Waals surface area contributed by atoms with Crippen molar-refractivity contribution in [1.29, 1.82) is 0 Å². The van der Waals surface area contributed by atoms with Gasteiger partial charge in [0.25, 0.3) is 0 Å². The fourth-order valence-electron chi connectivity index (χ4n) is 1.74. The zero-order valence-corrected chi connectivity index (χ0v) is 10.8. The maximum absolute atomic E-state index is 11.2. The molecule has 1 unspecified atom stereocenters. The normalized spacial score (nSPS) is 26.1. The largest absolute Gasteiger partial charge is 0.494 e. The van der Waals surface area contributed by atoms with Gasteiger partial charge in [0.2, 0.25) is 0 Å². The number of carbonyl (C=O) groups is 2. The number of Topliss-reactive ketones (excluding diaryl/α,β-unsaturated/α-hetero) is 1. The summed E-state index contributed by atoms with van der Waals surface area (Å²) < 4.78 is 16.0. The van der Waals surface area contributed by atoms with Crippen molar-refractivity contribution >= 4 is 11.8 Å². The van der Waals surface area contributed by atoms with Crippen molar-refractivity contribution in [3.05, 3.63) is 24.7 Å². The van der Waals surface area contributed by atoms with E-state index >= 15 is 0 Å². The van der Waals surface area contributed by atoms with Gasteiger partial charge in [-0.1, -0.05) is 6.58 Å². The molecule has 0 aromatic carbocycles. The number of rotatable bonds is 5. The summed E-state index contributed by atoms with van der Waals surface area (Å²) in [6.07, 6.45) is 1.61. The monoisotopic (exact) mass is 254 g/mol. The SMILES string of the molecule is C=C(C)O[C@H]1C(CC(C)=O)OC=C[C@H]1OC(C)=O. The molecule has 5 nitrogen and oxygen atoms in total. The van der Waals surface area contributed by atoms with E-state index < -0.39 is 24.3 Å². The molecule has 1 rings (SSSR count). The molecule has 1 aliphatic heterocycles. The highest BCUT2D eigenvalue weighted by molar-refractivity contribution is 5.76. The Labute approximate surface area is 106 Å². The van der Waals surface area contributed by atoms with E-state index in [0.717, 1.165) is 0 Å². The van der Waals surface area contributed by atoms with Crippen molar-refractivity contribution in [1.82, 2.24) is 0 Å². The third kappa shape index (κ3) is 4.24. The Hall–Kier alpha value is -1.78. The van der Waals surface area contributed by atoms with Crippen molar-refractivity contribution in [2.75, 3.05) is 0 Å². The van der Waals surface area contributed by atoms with Gasteiger partial charge in [0.15, 0.2) is 12.2 Å². The zero-order valence-electron chi connectivity index (χ0n) is 10.8. The van der Waals surface area contributed by atoms with E-state index in [0.29, 0.717) is 5.76 Å². The lowest BCUT2D eigenvalue weighted by Crippen LogP contribution is -2.44. The van der Waals surface area contributed by atoms with Crippen molar-refractivity contribution in [3.63, 3.8) is 0 Å². The molecule has 0 spiro atoms. The number of esters is 1. The van der Waals surface area contributed by atoms with Crippen LogP contribution in [0.5, 0.6) is 0 Å². The highest BCUT2D eigenvalue weighted by Crippen LogP contribution is 2.23. The Morgan fingerprint density at radius 1 is 1.28 bits per heavy atom. The third-order valence-corrected chi connectivity index (χ3v) is 2.34. The first-order valence-corrected chi connectivity index (χ1v) is 5.71. The molecule has 0 saturated heterocycles. The molecule has 0 aromatic heterocycles. The van der Waals surface area contributed by atoms with Crippen LogP contribution in [0, 0.1) is 0 Å². The summed E-state index contributed by atoms with van der Waals surface area (Å²) in [5, 5.41) is 0. The summed E-state index contributed by atoms with van der Waals surface area (Å²) in [5.41, 5.74) is 0. The molecule has 5 heteroatoms. The molecule has 100 valence electrons. The molecule has 3 atom stereocenters. The van der Waals surface area contributed by atoms with Crippen LogP contribution in [-0.2, 0) is 23.8 Å². The van der Waals surface area contributed by atoms with Crippen LogP contribution >= 0.6 is 0 Å². The summed E-state index contributed by atoms with van der Waals surface area (Å²) >= 11 is 0. The van der Waals surface area contributed by atoms with E-state index in [2.05, 4.69) is 6.58 Å². The Kier molecular flexibility index (Phi) is 4.95. The minimum atomic E-state index is -0.572. The van der Waals surface area contributed by atoms with Crippen molar-refractivity contribution in [2.24, 2.45) is 0 Å². The number of carbonyl (C=O) groups excluding carboxylic acids is 2. The number of ketones is 1. The summed E-state index contributed by atoms with van der Waals surface area (Å²) in [5.74, 6) is 0.0419. The second-order valence-electron chi connectivity index (χ2n) is 4.27. The second-order valence-corrected chi connectivity index (χ2v) is 4.27. The quantitative estimate of drug-likeness (QED) is 0.552.